The van der Waals surface area contributed by atoms with E-state index in [0.29, 0.717) is 17.9 Å². The molecule has 0 aliphatic heterocycles. The molecule has 0 aliphatic rings. The number of hydrogen-bond acceptors (Lipinski definition) is 3. The van der Waals surface area contributed by atoms with Crippen LogP contribution in [0, 0.1) is 23.7 Å². The Balaban J connectivity index is 2.54. The van der Waals surface area contributed by atoms with Crippen LogP contribution in [0.15, 0.2) is 24.4 Å². The summed E-state index contributed by atoms with van der Waals surface area (Å²) in [5.41, 5.74) is 2.52. The molecule has 0 saturated carbocycles. The predicted octanol–water partition coefficient (Wildman–Crippen LogP) is 3.84. The molecule has 1 heterocycles. The first kappa shape index (κ1) is 13.4. The van der Waals surface area contributed by atoms with Crippen molar-refractivity contribution in [2.24, 2.45) is 5.41 Å². The molecule has 0 aliphatic carbocycles. The number of hydrogen-bond donors (Lipinski definition) is 0. The van der Waals surface area contributed by atoms with Gasteiger partial charge in [0.05, 0.1) is 12.1 Å². The van der Waals surface area contributed by atoms with Crippen LogP contribution in [0.25, 0.3) is 10.9 Å². The van der Waals surface area contributed by atoms with E-state index < -0.39 is 0 Å². The van der Waals surface area contributed by atoms with E-state index in [1.165, 1.54) is 0 Å². The van der Waals surface area contributed by atoms with Gasteiger partial charge in [-0.25, -0.2) is 0 Å². The Kier molecular flexibility index (Phi) is 3.44. The zero-order valence-electron chi connectivity index (χ0n) is 11.8. The van der Waals surface area contributed by atoms with Crippen LogP contribution >= 0.6 is 0 Å². The minimum Gasteiger partial charge on any atom is -0.491 e. The lowest BCUT2D eigenvalue weighted by atomic mass is 9.98. The fourth-order valence-corrected chi connectivity index (χ4v) is 1.81. The van der Waals surface area contributed by atoms with E-state index in [2.05, 4.69) is 31.8 Å². The maximum absolute atomic E-state index is 9.21. The highest BCUT2D eigenvalue weighted by molar-refractivity contribution is 5.87. The summed E-state index contributed by atoms with van der Waals surface area (Å²) in [6, 6.07) is 8.13. The number of rotatable bonds is 2. The summed E-state index contributed by atoms with van der Waals surface area (Å²) in [4.78, 5) is 4.30. The Bertz CT molecular complexity index is 648. The zero-order chi connectivity index (χ0) is 14.0. The molecule has 1 aromatic heterocycles. The smallest absolute Gasteiger partial charge is 0.148 e. The number of benzene rings is 1. The number of nitrogens with zero attached hydrogens (tertiary/aromatic N) is 2. The lowest BCUT2D eigenvalue weighted by molar-refractivity contribution is 0.199. The van der Waals surface area contributed by atoms with Crippen LogP contribution in [0.5, 0.6) is 5.75 Å². The van der Waals surface area contributed by atoms with Crippen molar-refractivity contribution in [1.82, 2.24) is 4.98 Å². The third-order valence-corrected chi connectivity index (χ3v) is 2.74. The van der Waals surface area contributed by atoms with Gasteiger partial charge in [0.2, 0.25) is 0 Å². The van der Waals surface area contributed by atoms with Gasteiger partial charge in [0.25, 0.3) is 0 Å². The molecule has 0 radical (unpaired) electrons. The maximum atomic E-state index is 9.21. The Hall–Kier alpha value is -2.08. The number of aromatic nitrogens is 1. The quantitative estimate of drug-likeness (QED) is 0.818. The number of aryl methyl sites for hydroxylation is 1. The summed E-state index contributed by atoms with van der Waals surface area (Å²) in [5, 5.41) is 10.1. The summed E-state index contributed by atoms with van der Waals surface area (Å²) < 4.78 is 5.90. The minimum atomic E-state index is 0.0478. The van der Waals surface area contributed by atoms with Gasteiger partial charge >= 0.3 is 0 Å². The van der Waals surface area contributed by atoms with Gasteiger partial charge in [-0.05, 0) is 24.5 Å². The van der Waals surface area contributed by atoms with E-state index in [1.807, 2.05) is 25.1 Å². The second-order valence-electron chi connectivity index (χ2n) is 5.98. The topological polar surface area (TPSA) is 45.9 Å². The molecule has 19 heavy (non-hydrogen) atoms. The van der Waals surface area contributed by atoms with Gasteiger partial charge in [0.15, 0.2) is 0 Å². The Morgan fingerprint density at radius 3 is 2.68 bits per heavy atom. The third-order valence-electron chi connectivity index (χ3n) is 2.74. The fourth-order valence-electron chi connectivity index (χ4n) is 1.81. The molecule has 0 N–H and O–H groups in total. The van der Waals surface area contributed by atoms with Crippen LogP contribution in [0.1, 0.15) is 31.9 Å². The highest BCUT2D eigenvalue weighted by atomic mass is 16.5. The third kappa shape index (κ3) is 3.03. The van der Waals surface area contributed by atoms with Gasteiger partial charge in [-0.3, -0.25) is 4.98 Å². The van der Waals surface area contributed by atoms with Crippen molar-refractivity contribution >= 4 is 10.9 Å². The fraction of sp³-hybridized carbons (Fsp3) is 0.375. The monoisotopic (exact) mass is 254 g/mol. The summed E-state index contributed by atoms with van der Waals surface area (Å²) in [6.45, 7) is 8.90. The van der Waals surface area contributed by atoms with Crippen molar-refractivity contribution < 1.29 is 4.74 Å². The van der Waals surface area contributed by atoms with Gasteiger partial charge in [-0.1, -0.05) is 32.4 Å². The molecule has 3 heteroatoms. The normalized spacial score (nSPS) is 11.3. The van der Waals surface area contributed by atoms with E-state index in [0.717, 1.165) is 16.5 Å². The SMILES string of the molecule is Cc1ccc2ncc(C#N)c(OCC(C)(C)C)c2c1. The van der Waals surface area contributed by atoms with E-state index in [4.69, 9.17) is 4.74 Å². The van der Waals surface area contributed by atoms with Crippen molar-refractivity contribution in [2.75, 3.05) is 6.61 Å². The molecule has 0 spiro atoms. The average Bonchev–Trinajstić information content (AvgIpc) is 2.34. The van der Waals surface area contributed by atoms with Crippen LogP contribution in [0.4, 0.5) is 0 Å². The zero-order valence-corrected chi connectivity index (χ0v) is 11.8. The van der Waals surface area contributed by atoms with Crippen LogP contribution in [-0.4, -0.2) is 11.6 Å². The summed E-state index contributed by atoms with van der Waals surface area (Å²) in [6.07, 6.45) is 1.58. The molecule has 2 aromatic rings. The number of nitriles is 1. The van der Waals surface area contributed by atoms with Crippen molar-refractivity contribution in [1.29, 1.82) is 5.26 Å². The molecular formula is C16H18N2O. The average molecular weight is 254 g/mol. The first-order chi connectivity index (χ1) is 8.90. The van der Waals surface area contributed by atoms with E-state index in [-0.39, 0.29) is 5.41 Å². The standard InChI is InChI=1S/C16H18N2O/c1-11-5-6-14-13(7-11)15(12(8-17)9-18-14)19-10-16(2,3)4/h5-7,9H,10H2,1-4H3. The Labute approximate surface area is 113 Å². The van der Waals surface area contributed by atoms with Gasteiger partial charge in [-0.15, -0.1) is 0 Å². The van der Waals surface area contributed by atoms with Crippen molar-refractivity contribution in [2.45, 2.75) is 27.7 Å². The van der Waals surface area contributed by atoms with Crippen LogP contribution in [0.2, 0.25) is 0 Å². The molecular weight excluding hydrogens is 236 g/mol. The van der Waals surface area contributed by atoms with Crippen molar-refractivity contribution in [3.05, 3.63) is 35.5 Å². The number of ether oxygens (including phenoxy) is 1. The largest absolute Gasteiger partial charge is 0.491 e. The Morgan fingerprint density at radius 2 is 2.05 bits per heavy atom. The van der Waals surface area contributed by atoms with E-state index in [1.54, 1.807) is 6.20 Å². The van der Waals surface area contributed by atoms with Gasteiger partial charge in [0.1, 0.15) is 17.4 Å². The molecule has 0 bridgehead atoms. The molecule has 98 valence electrons. The second kappa shape index (κ2) is 4.89. The number of pyridine rings is 1. The molecule has 0 atom stereocenters. The number of fused-ring (bicyclic) bond motifs is 1. The second-order valence-corrected chi connectivity index (χ2v) is 5.98. The lowest BCUT2D eigenvalue weighted by Gasteiger charge is -2.20. The molecule has 0 fully saturated rings. The van der Waals surface area contributed by atoms with Crippen LogP contribution in [-0.2, 0) is 0 Å². The van der Waals surface area contributed by atoms with Gasteiger partial charge < -0.3 is 4.74 Å². The molecule has 0 saturated heterocycles. The lowest BCUT2D eigenvalue weighted by Crippen LogP contribution is -2.17. The molecule has 1 aromatic carbocycles. The molecule has 2 rings (SSSR count). The highest BCUT2D eigenvalue weighted by Gasteiger charge is 2.15. The van der Waals surface area contributed by atoms with Crippen LogP contribution < -0.4 is 4.74 Å². The Morgan fingerprint density at radius 1 is 1.32 bits per heavy atom. The van der Waals surface area contributed by atoms with E-state index >= 15 is 0 Å². The van der Waals surface area contributed by atoms with Crippen LogP contribution in [0.3, 0.4) is 0 Å². The van der Waals surface area contributed by atoms with Crippen molar-refractivity contribution in [3.8, 4) is 11.8 Å². The first-order valence-electron chi connectivity index (χ1n) is 6.33. The first-order valence-corrected chi connectivity index (χ1v) is 6.33. The molecule has 0 unspecified atom stereocenters. The molecule has 0 amide bonds. The molecule has 3 nitrogen and oxygen atoms in total. The van der Waals surface area contributed by atoms with Gasteiger partial charge in [0, 0.05) is 11.6 Å². The highest BCUT2D eigenvalue weighted by Crippen LogP contribution is 2.30. The minimum absolute atomic E-state index is 0.0478. The maximum Gasteiger partial charge on any atom is 0.148 e. The van der Waals surface area contributed by atoms with Gasteiger partial charge in [-0.2, -0.15) is 5.26 Å². The predicted molar refractivity (Wildman–Crippen MR) is 76.1 cm³/mol. The van der Waals surface area contributed by atoms with Crippen molar-refractivity contribution in [3.63, 3.8) is 0 Å². The summed E-state index contributed by atoms with van der Waals surface area (Å²) >= 11 is 0. The summed E-state index contributed by atoms with van der Waals surface area (Å²) in [5.74, 6) is 0.645. The summed E-state index contributed by atoms with van der Waals surface area (Å²) in [7, 11) is 0. The van der Waals surface area contributed by atoms with E-state index in [9.17, 15) is 5.26 Å².